The molecule has 1 N–H and O–H groups in total. The Morgan fingerprint density at radius 3 is 2.67 bits per heavy atom. The zero-order valence-corrected chi connectivity index (χ0v) is 10.5. The summed E-state index contributed by atoms with van der Waals surface area (Å²) in [6.45, 7) is 3.58. The summed E-state index contributed by atoms with van der Waals surface area (Å²) in [6.07, 6.45) is 1.47. The third-order valence-electron chi connectivity index (χ3n) is 2.85. The van der Waals surface area contributed by atoms with E-state index in [-0.39, 0.29) is 11.6 Å². The van der Waals surface area contributed by atoms with Gasteiger partial charge in [-0.3, -0.25) is 9.48 Å². The maximum absolute atomic E-state index is 13.6. The minimum absolute atomic E-state index is 0.175. The van der Waals surface area contributed by atoms with Crippen LogP contribution in [0.25, 0.3) is 0 Å². The van der Waals surface area contributed by atoms with Gasteiger partial charge in [0.25, 0.3) is 5.91 Å². The van der Waals surface area contributed by atoms with E-state index in [1.165, 1.54) is 12.3 Å². The van der Waals surface area contributed by atoms with Crippen LogP contribution in [-0.2, 0) is 7.05 Å². The number of nitrogens with one attached hydrogen (secondary N) is 1. The number of halogens is 1. The highest BCUT2D eigenvalue weighted by atomic mass is 19.1. The van der Waals surface area contributed by atoms with Gasteiger partial charge in [-0.05, 0) is 31.5 Å². The monoisotopic (exact) mass is 247 g/mol. The molecule has 0 bridgehead atoms. The molecule has 0 saturated carbocycles. The quantitative estimate of drug-likeness (QED) is 0.886. The summed E-state index contributed by atoms with van der Waals surface area (Å²) in [7, 11) is 1.75. The third-order valence-corrected chi connectivity index (χ3v) is 2.85. The number of aryl methyl sites for hydroxylation is 2. The minimum atomic E-state index is -0.440. The number of hydrogen-bond donors (Lipinski definition) is 1. The van der Waals surface area contributed by atoms with Gasteiger partial charge in [-0.2, -0.15) is 5.10 Å². The predicted molar refractivity (Wildman–Crippen MR) is 67.0 cm³/mol. The fourth-order valence-electron chi connectivity index (χ4n) is 1.63. The molecule has 4 nitrogen and oxygen atoms in total. The van der Waals surface area contributed by atoms with Crippen LogP contribution >= 0.6 is 0 Å². The zero-order valence-electron chi connectivity index (χ0n) is 10.5. The van der Waals surface area contributed by atoms with E-state index in [9.17, 15) is 9.18 Å². The SMILES string of the molecule is Cc1ccc(NC(=O)c2cnn(C)c2C)c(F)c1. The van der Waals surface area contributed by atoms with Crippen molar-refractivity contribution < 1.29 is 9.18 Å². The Hall–Kier alpha value is -2.17. The molecule has 0 aliphatic carbocycles. The molecule has 94 valence electrons. The Morgan fingerprint density at radius 1 is 1.39 bits per heavy atom. The summed E-state index contributed by atoms with van der Waals surface area (Å²) < 4.78 is 15.2. The van der Waals surface area contributed by atoms with Crippen LogP contribution in [0, 0.1) is 19.7 Å². The molecule has 0 atom stereocenters. The van der Waals surface area contributed by atoms with Crippen molar-refractivity contribution in [2.45, 2.75) is 13.8 Å². The number of nitrogens with zero attached hydrogens (tertiary/aromatic N) is 2. The van der Waals surface area contributed by atoms with E-state index in [1.807, 2.05) is 0 Å². The van der Waals surface area contributed by atoms with E-state index in [0.717, 1.165) is 11.3 Å². The van der Waals surface area contributed by atoms with Crippen LogP contribution in [0.15, 0.2) is 24.4 Å². The molecule has 1 amide bonds. The van der Waals surface area contributed by atoms with Crippen molar-refractivity contribution in [3.05, 3.63) is 47.0 Å². The second-order valence-corrected chi connectivity index (χ2v) is 4.20. The molecule has 1 aromatic heterocycles. The lowest BCUT2D eigenvalue weighted by Crippen LogP contribution is -2.14. The third kappa shape index (κ3) is 2.25. The number of amides is 1. The molecule has 0 unspecified atom stereocenters. The first-order valence-corrected chi connectivity index (χ1v) is 5.55. The summed E-state index contributed by atoms with van der Waals surface area (Å²) >= 11 is 0. The molecule has 1 aromatic carbocycles. The van der Waals surface area contributed by atoms with Crippen LogP contribution in [-0.4, -0.2) is 15.7 Å². The van der Waals surface area contributed by atoms with Crippen LogP contribution in [0.4, 0.5) is 10.1 Å². The summed E-state index contributed by atoms with van der Waals surface area (Å²) in [5, 5.41) is 6.52. The van der Waals surface area contributed by atoms with E-state index in [0.29, 0.717) is 5.56 Å². The maximum atomic E-state index is 13.6. The molecule has 5 heteroatoms. The summed E-state index contributed by atoms with van der Waals surface area (Å²) in [4.78, 5) is 12.0. The number of carbonyl (C=O) groups is 1. The Balaban J connectivity index is 2.24. The van der Waals surface area contributed by atoms with E-state index < -0.39 is 5.82 Å². The Morgan fingerprint density at radius 2 is 2.11 bits per heavy atom. The highest BCUT2D eigenvalue weighted by Gasteiger charge is 2.14. The van der Waals surface area contributed by atoms with Gasteiger partial charge in [-0.1, -0.05) is 6.07 Å². The standard InChI is InChI=1S/C13H14FN3O/c1-8-4-5-12(11(14)6-8)16-13(18)10-7-15-17(3)9(10)2/h4-7H,1-3H3,(H,16,18). The zero-order chi connectivity index (χ0) is 13.3. The van der Waals surface area contributed by atoms with Gasteiger partial charge in [-0.15, -0.1) is 0 Å². The number of carbonyl (C=O) groups excluding carboxylic acids is 1. The normalized spacial score (nSPS) is 10.4. The molecule has 0 aliphatic rings. The van der Waals surface area contributed by atoms with Crippen molar-refractivity contribution in [3.63, 3.8) is 0 Å². The average molecular weight is 247 g/mol. The molecule has 0 fully saturated rings. The lowest BCUT2D eigenvalue weighted by molar-refractivity contribution is 0.102. The first-order valence-electron chi connectivity index (χ1n) is 5.55. The van der Waals surface area contributed by atoms with Gasteiger partial charge in [0.15, 0.2) is 0 Å². The van der Waals surface area contributed by atoms with E-state index in [1.54, 1.807) is 37.7 Å². The molecule has 1 heterocycles. The van der Waals surface area contributed by atoms with Gasteiger partial charge in [-0.25, -0.2) is 4.39 Å². The maximum Gasteiger partial charge on any atom is 0.259 e. The largest absolute Gasteiger partial charge is 0.319 e. The predicted octanol–water partition coefficient (Wildman–Crippen LogP) is 2.43. The lowest BCUT2D eigenvalue weighted by atomic mass is 10.2. The molecule has 0 aliphatic heterocycles. The summed E-state index contributed by atoms with van der Waals surface area (Å²) in [6, 6.07) is 4.68. The first kappa shape index (κ1) is 12.3. The fraction of sp³-hybridized carbons (Fsp3) is 0.231. The van der Waals surface area contributed by atoms with Gasteiger partial charge in [0.1, 0.15) is 5.82 Å². The molecule has 0 saturated heterocycles. The van der Waals surface area contributed by atoms with Crippen molar-refractivity contribution in [2.75, 3.05) is 5.32 Å². The molecule has 2 aromatic rings. The topological polar surface area (TPSA) is 46.9 Å². The number of rotatable bonds is 2. The number of hydrogen-bond acceptors (Lipinski definition) is 2. The van der Waals surface area contributed by atoms with Crippen molar-refractivity contribution in [3.8, 4) is 0 Å². The number of aromatic nitrogens is 2. The number of anilines is 1. The van der Waals surface area contributed by atoms with Crippen molar-refractivity contribution in [2.24, 2.45) is 7.05 Å². The van der Waals surface area contributed by atoms with Gasteiger partial charge in [0.05, 0.1) is 17.4 Å². The van der Waals surface area contributed by atoms with E-state index in [4.69, 9.17) is 0 Å². The van der Waals surface area contributed by atoms with Gasteiger partial charge in [0, 0.05) is 12.7 Å². The van der Waals surface area contributed by atoms with Crippen molar-refractivity contribution in [1.82, 2.24) is 9.78 Å². The van der Waals surface area contributed by atoms with Gasteiger partial charge < -0.3 is 5.32 Å². The fourth-order valence-corrected chi connectivity index (χ4v) is 1.63. The molecular formula is C13H14FN3O. The first-order chi connectivity index (χ1) is 8.49. The Bertz CT molecular complexity index is 604. The van der Waals surface area contributed by atoms with E-state index >= 15 is 0 Å². The summed E-state index contributed by atoms with van der Waals surface area (Å²) in [5.41, 5.74) is 2.16. The smallest absolute Gasteiger partial charge is 0.259 e. The second-order valence-electron chi connectivity index (χ2n) is 4.20. The van der Waals surface area contributed by atoms with Crippen LogP contribution in [0.1, 0.15) is 21.6 Å². The molecule has 0 spiro atoms. The summed E-state index contributed by atoms with van der Waals surface area (Å²) in [5.74, 6) is -0.798. The minimum Gasteiger partial charge on any atom is -0.319 e. The van der Waals surface area contributed by atoms with Gasteiger partial charge >= 0.3 is 0 Å². The highest BCUT2D eigenvalue weighted by Crippen LogP contribution is 2.17. The molecule has 18 heavy (non-hydrogen) atoms. The second kappa shape index (κ2) is 4.60. The van der Waals surface area contributed by atoms with Crippen LogP contribution in [0.2, 0.25) is 0 Å². The number of benzene rings is 1. The van der Waals surface area contributed by atoms with Crippen LogP contribution in [0.5, 0.6) is 0 Å². The van der Waals surface area contributed by atoms with E-state index in [2.05, 4.69) is 10.4 Å². The van der Waals surface area contributed by atoms with Crippen LogP contribution < -0.4 is 5.32 Å². The average Bonchev–Trinajstić information content (AvgIpc) is 2.64. The van der Waals surface area contributed by atoms with Crippen molar-refractivity contribution in [1.29, 1.82) is 0 Å². The Labute approximate surface area is 104 Å². The van der Waals surface area contributed by atoms with Gasteiger partial charge in [0.2, 0.25) is 0 Å². The molecular weight excluding hydrogens is 233 g/mol. The van der Waals surface area contributed by atoms with Crippen molar-refractivity contribution >= 4 is 11.6 Å². The van der Waals surface area contributed by atoms with Crippen LogP contribution in [0.3, 0.4) is 0 Å². The lowest BCUT2D eigenvalue weighted by Gasteiger charge is -2.06. The molecule has 0 radical (unpaired) electrons. The highest BCUT2D eigenvalue weighted by molar-refractivity contribution is 6.04. The molecule has 2 rings (SSSR count). The Kier molecular flexibility index (Phi) is 3.14.